The molecule has 438 valence electrons. The van der Waals surface area contributed by atoms with Gasteiger partial charge in [-0.2, -0.15) is 0 Å². The Morgan fingerprint density at radius 2 is 0.861 bits per heavy atom. The van der Waals surface area contributed by atoms with Crippen molar-refractivity contribution in [3.63, 3.8) is 0 Å². The number of aliphatic hydroxyl groups is 1. The first kappa shape index (κ1) is 57.9. The normalized spacial score (nSPS) is 45.5. The third-order valence-electron chi connectivity index (χ3n) is 27.4. The van der Waals surface area contributed by atoms with Gasteiger partial charge in [0.15, 0.2) is 17.3 Å². The lowest BCUT2D eigenvalue weighted by molar-refractivity contribution is -0.161. The first-order chi connectivity index (χ1) is 37.7. The van der Waals surface area contributed by atoms with Crippen LogP contribution in [0.1, 0.15) is 267 Å². The molecule has 0 radical (unpaired) electrons. The Kier molecular flexibility index (Phi) is 16.6. The number of unbranched alkanes of at least 4 members (excludes halogenated alkanes) is 3. The first-order valence-corrected chi connectivity index (χ1v) is 33.5. The largest absolute Gasteiger partial charge is 0.462 e. The Hall–Kier alpha value is -2.87. The highest BCUT2D eigenvalue weighted by Crippen LogP contribution is 2.69. The average molecular weight is 1090 g/mol. The summed E-state index contributed by atoms with van der Waals surface area (Å²) in [6.07, 6.45) is 43.2. The number of esters is 2. The van der Waals surface area contributed by atoms with E-state index in [1.54, 1.807) is 0 Å². The maximum Gasteiger partial charge on any atom is 0.306 e. The van der Waals surface area contributed by atoms with E-state index in [4.69, 9.17) is 9.47 Å². The predicted molar refractivity (Wildman–Crippen MR) is 311 cm³/mol. The molecule has 10 fully saturated rings. The second kappa shape index (κ2) is 22.6. The van der Waals surface area contributed by atoms with Crippen molar-refractivity contribution in [3.05, 3.63) is 34.9 Å². The zero-order chi connectivity index (χ0) is 55.7. The van der Waals surface area contributed by atoms with Gasteiger partial charge in [0.2, 0.25) is 0 Å². The fourth-order valence-electron chi connectivity index (χ4n) is 22.5. The van der Waals surface area contributed by atoms with E-state index in [0.29, 0.717) is 65.7 Å². The molecule has 0 heterocycles. The van der Waals surface area contributed by atoms with Crippen LogP contribution >= 0.6 is 0 Å². The minimum absolute atomic E-state index is 0.0294. The van der Waals surface area contributed by atoms with Gasteiger partial charge in [0.1, 0.15) is 12.2 Å². The second-order valence-corrected chi connectivity index (χ2v) is 30.9. The summed E-state index contributed by atoms with van der Waals surface area (Å²) in [5, 5.41) is 10.4. The summed E-state index contributed by atoms with van der Waals surface area (Å²) in [5.74, 6) is 8.16. The minimum Gasteiger partial charge on any atom is -0.462 e. The Bertz CT molecular complexity index is 2420. The average Bonchev–Trinajstić information content (AvgIpc) is 4.44. The number of aliphatic hydroxyl groups excluding tert-OH is 1. The van der Waals surface area contributed by atoms with Crippen LogP contribution in [-0.4, -0.2) is 52.7 Å². The topological polar surface area (TPSA) is 124 Å². The molecule has 0 spiro atoms. The number of rotatable bonds is 9. The Morgan fingerprint density at radius 3 is 1.30 bits per heavy atom. The number of carbonyl (C=O) groups excluding carboxylic acids is 5. The lowest BCUT2D eigenvalue weighted by Crippen LogP contribution is -2.51. The predicted octanol–water partition coefficient (Wildman–Crippen LogP) is 16.3. The van der Waals surface area contributed by atoms with E-state index in [0.717, 1.165) is 114 Å². The summed E-state index contributed by atoms with van der Waals surface area (Å²) in [5.41, 5.74) is 5.54. The van der Waals surface area contributed by atoms with Gasteiger partial charge in [0.05, 0.1) is 6.10 Å². The molecule has 0 aliphatic heterocycles. The summed E-state index contributed by atoms with van der Waals surface area (Å²) >= 11 is 0. The van der Waals surface area contributed by atoms with Crippen LogP contribution in [0.25, 0.3) is 0 Å². The van der Waals surface area contributed by atoms with Gasteiger partial charge < -0.3 is 14.6 Å². The van der Waals surface area contributed by atoms with Crippen LogP contribution in [0.2, 0.25) is 0 Å². The van der Waals surface area contributed by atoms with Gasteiger partial charge >= 0.3 is 11.9 Å². The van der Waals surface area contributed by atoms with Crippen molar-refractivity contribution in [1.29, 1.82) is 0 Å². The molecule has 0 aromatic heterocycles. The summed E-state index contributed by atoms with van der Waals surface area (Å²) in [7, 11) is 0. The van der Waals surface area contributed by atoms with E-state index in [-0.39, 0.29) is 62.7 Å². The Labute approximate surface area is 477 Å². The van der Waals surface area contributed by atoms with Crippen LogP contribution in [0.5, 0.6) is 0 Å². The molecule has 13 rings (SSSR count). The van der Waals surface area contributed by atoms with Gasteiger partial charge in [0, 0.05) is 42.9 Å². The molecule has 10 saturated carbocycles. The van der Waals surface area contributed by atoms with Crippen LogP contribution in [0, 0.1) is 91.7 Å². The van der Waals surface area contributed by atoms with E-state index in [1.165, 1.54) is 132 Å². The Balaban J connectivity index is 0.000000127. The smallest absolute Gasteiger partial charge is 0.306 e. The molecule has 13 aliphatic rings. The first-order valence-electron chi connectivity index (χ1n) is 33.5. The number of ether oxygens (including phenoxy) is 2. The van der Waals surface area contributed by atoms with Gasteiger partial charge in [-0.15, -0.1) is 0 Å². The van der Waals surface area contributed by atoms with Gasteiger partial charge in [-0.25, -0.2) is 0 Å². The minimum atomic E-state index is -0.0823. The lowest BCUT2D eigenvalue weighted by atomic mass is 9.47. The zero-order valence-corrected chi connectivity index (χ0v) is 50.6. The summed E-state index contributed by atoms with van der Waals surface area (Å²) < 4.78 is 12.3. The van der Waals surface area contributed by atoms with Crippen molar-refractivity contribution in [1.82, 2.24) is 0 Å². The lowest BCUT2D eigenvalue weighted by Gasteiger charge is -2.57. The zero-order valence-electron chi connectivity index (χ0n) is 50.6. The number of ketones is 3. The monoisotopic (exact) mass is 1090 g/mol. The van der Waals surface area contributed by atoms with Crippen molar-refractivity contribution < 1.29 is 38.6 Å². The number of carbonyl (C=O) groups is 5. The number of fused-ring (bicyclic) bond motifs is 15. The molecule has 0 aromatic carbocycles. The molecule has 8 heteroatoms. The van der Waals surface area contributed by atoms with Crippen molar-refractivity contribution in [2.45, 2.75) is 285 Å². The fourth-order valence-corrected chi connectivity index (χ4v) is 22.5. The SMILES string of the molecule is CCCCCCC(=O)O[C@H]1CC[C@H]2[C@@H]3CCC4=CC(=O)CC[C@]4(C)[C@H]3CC[C@]12C.C[C@]12CC[C@H]3[C@@H](CCC4=CC(=O)CC[C@@]43C)[C@@H]1CC[C@@H]2O.C[C@]12CC[C@H]3[C@@H](CCC4=CC(=O)CC[C@@]43C)[C@@H]1CC[C@@H]2OC(=O)CC1CCCC1. The fraction of sp³-hybridized carbons (Fsp3) is 0.845. The molecule has 0 aromatic rings. The molecule has 8 nitrogen and oxygen atoms in total. The Morgan fingerprint density at radius 1 is 0.456 bits per heavy atom. The quantitative estimate of drug-likeness (QED) is 0.179. The van der Waals surface area contributed by atoms with Crippen LogP contribution in [0.3, 0.4) is 0 Å². The molecule has 0 saturated heterocycles. The maximum atomic E-state index is 12.7. The molecular weight excluding hydrogens is 981 g/mol. The van der Waals surface area contributed by atoms with Gasteiger partial charge in [-0.1, -0.05) is 97.3 Å². The summed E-state index contributed by atoms with van der Waals surface area (Å²) in [6.45, 7) is 16.7. The number of hydrogen-bond donors (Lipinski definition) is 1. The highest BCUT2D eigenvalue weighted by molar-refractivity contribution is 5.92. The van der Waals surface area contributed by atoms with Crippen LogP contribution in [0.4, 0.5) is 0 Å². The van der Waals surface area contributed by atoms with Crippen molar-refractivity contribution in [3.8, 4) is 0 Å². The molecule has 79 heavy (non-hydrogen) atoms. The molecule has 0 amide bonds. The second-order valence-electron chi connectivity index (χ2n) is 30.9. The van der Waals surface area contributed by atoms with E-state index < -0.39 is 0 Å². The van der Waals surface area contributed by atoms with Gasteiger partial charge in [-0.3, -0.25) is 24.0 Å². The van der Waals surface area contributed by atoms with Crippen molar-refractivity contribution >= 4 is 29.3 Å². The standard InChI is InChI=1S/C26H38O3.C26H40O3.C19H28O2/c1-25-13-11-19(27)16-18(25)7-8-20-21-9-10-23(26(21,2)14-12-22(20)25)29-24(28)15-17-5-3-4-6-17;1-4-5-6-7-8-24(28)29-23-12-11-21-20-10-9-18-17-19(27)13-15-25(18,2)22(20)14-16-26(21,23)3;1-18-9-7-13(20)11-12(18)3-4-14-15-5-6-17(21)19(15,2)10-8-16(14)18/h16-17,20-23H,3-15H2,1-2H3;17,20-23H,4-16H2,1-3H3;11,14-17,21H,3-10H2,1-2H3/t2*20-,21-,22-,23-,25-,26-;14-,15-,16-,17-,18-,19-/m000/s1. The molecule has 0 bridgehead atoms. The third-order valence-corrected chi connectivity index (χ3v) is 27.4. The highest BCUT2D eigenvalue weighted by Gasteiger charge is 2.63. The van der Waals surface area contributed by atoms with Crippen LogP contribution in [-0.2, 0) is 33.4 Å². The van der Waals surface area contributed by atoms with Crippen LogP contribution in [0.15, 0.2) is 34.9 Å². The van der Waals surface area contributed by atoms with E-state index >= 15 is 0 Å². The number of allylic oxidation sites excluding steroid dienone is 3. The summed E-state index contributed by atoms with van der Waals surface area (Å²) in [6, 6.07) is 0. The summed E-state index contributed by atoms with van der Waals surface area (Å²) in [4.78, 5) is 60.9. The molecule has 13 aliphatic carbocycles. The third kappa shape index (κ3) is 10.4. The van der Waals surface area contributed by atoms with Crippen LogP contribution < -0.4 is 0 Å². The molecule has 1 N–H and O–H groups in total. The highest BCUT2D eigenvalue weighted by atomic mass is 16.5. The van der Waals surface area contributed by atoms with E-state index in [1.807, 2.05) is 18.2 Å². The van der Waals surface area contributed by atoms with Gasteiger partial charge in [0.25, 0.3) is 0 Å². The molecule has 0 unspecified atom stereocenters. The molecule has 18 atom stereocenters. The van der Waals surface area contributed by atoms with Crippen molar-refractivity contribution in [2.75, 3.05) is 0 Å². The van der Waals surface area contributed by atoms with E-state index in [9.17, 15) is 29.1 Å². The number of hydrogen-bond acceptors (Lipinski definition) is 8. The molecular formula is C71H106O8. The van der Waals surface area contributed by atoms with Gasteiger partial charge in [-0.05, 0) is 253 Å². The van der Waals surface area contributed by atoms with Crippen molar-refractivity contribution in [2.24, 2.45) is 91.7 Å². The van der Waals surface area contributed by atoms with E-state index in [2.05, 4.69) is 48.5 Å². The maximum absolute atomic E-state index is 12.7.